The Kier molecular flexibility index (Phi) is 9.44. The van der Waals surface area contributed by atoms with Gasteiger partial charge in [-0.2, -0.15) is 0 Å². The molecule has 3 atom stereocenters. The van der Waals surface area contributed by atoms with E-state index in [0.717, 1.165) is 5.56 Å². The van der Waals surface area contributed by atoms with E-state index in [1.807, 2.05) is 30.3 Å². The number of aromatic amines is 1. The van der Waals surface area contributed by atoms with E-state index in [4.69, 9.17) is 14.2 Å². The molecule has 2 heterocycles. The van der Waals surface area contributed by atoms with Crippen LogP contribution in [0.3, 0.4) is 0 Å². The van der Waals surface area contributed by atoms with Crippen molar-refractivity contribution >= 4 is 34.2 Å². The highest BCUT2D eigenvalue weighted by molar-refractivity contribution is 9.11. The molecule has 1 aromatic heterocycles. The Bertz CT molecular complexity index is 1180. The summed E-state index contributed by atoms with van der Waals surface area (Å²) < 4.78 is 17.4. The maximum absolute atomic E-state index is 12.4. The average molecular weight is 549 g/mol. The lowest BCUT2D eigenvalue weighted by molar-refractivity contribution is -0.00376. The second-order valence-electron chi connectivity index (χ2n) is 7.49. The van der Waals surface area contributed by atoms with Crippen LogP contribution in [0.5, 0.6) is 0 Å². The van der Waals surface area contributed by atoms with Crippen LogP contribution in [0.4, 0.5) is 9.59 Å². The summed E-state index contributed by atoms with van der Waals surface area (Å²) in [6.45, 7) is 3.57. The molecule has 3 rings (SSSR count). The van der Waals surface area contributed by atoms with Gasteiger partial charge in [-0.3, -0.25) is 14.3 Å². The number of halogens is 1. The van der Waals surface area contributed by atoms with E-state index >= 15 is 0 Å². The fraction of sp³-hybridized carbons (Fsp3) is 0.304. The zero-order valence-corrected chi connectivity index (χ0v) is 20.2. The largest absolute Gasteiger partial charge is 0.445 e. The zero-order valence-electron chi connectivity index (χ0n) is 18.6. The predicted octanol–water partition coefficient (Wildman–Crippen LogP) is 2.40. The minimum absolute atomic E-state index is 0.0115. The van der Waals surface area contributed by atoms with Crippen LogP contribution in [0, 0.1) is 0 Å². The Balaban J connectivity index is 1.73. The average Bonchev–Trinajstić information content (AvgIpc) is 3.24. The minimum atomic E-state index is -0.822. The standard InChI is InChI=1S/C23H25BrN4O7/c1-2-10-33-22(31)25-12-18-17(26-23(32)34-14-15-6-4-3-5-7-15)11-19(35-18)28-13-16(8-9-24)20(29)27-21(28)30/h2-9,13,17-19H,1,10-12,14H2,(H,25,31)(H,26,32)(H,27,29,30)/b9-8+/t17-,18+,19+/m0/s1. The van der Waals surface area contributed by atoms with Gasteiger partial charge in [0.25, 0.3) is 5.56 Å². The molecule has 11 nitrogen and oxygen atoms in total. The monoisotopic (exact) mass is 548 g/mol. The second-order valence-corrected chi connectivity index (χ2v) is 8.02. The van der Waals surface area contributed by atoms with Gasteiger partial charge in [-0.25, -0.2) is 14.4 Å². The first-order valence-corrected chi connectivity index (χ1v) is 11.6. The molecule has 12 heteroatoms. The Morgan fingerprint density at radius 2 is 2.00 bits per heavy atom. The van der Waals surface area contributed by atoms with Crippen molar-refractivity contribution in [1.29, 1.82) is 0 Å². The number of H-pyrrole nitrogens is 1. The topological polar surface area (TPSA) is 141 Å². The van der Waals surface area contributed by atoms with Gasteiger partial charge in [0.2, 0.25) is 0 Å². The van der Waals surface area contributed by atoms with Gasteiger partial charge in [0.05, 0.1) is 17.7 Å². The van der Waals surface area contributed by atoms with E-state index in [9.17, 15) is 19.2 Å². The number of alkyl carbamates (subject to hydrolysis) is 2. The number of aromatic nitrogens is 2. The third kappa shape index (κ3) is 7.42. The van der Waals surface area contributed by atoms with Crippen molar-refractivity contribution in [2.45, 2.75) is 31.4 Å². The molecular weight excluding hydrogens is 524 g/mol. The second kappa shape index (κ2) is 12.7. The summed E-state index contributed by atoms with van der Waals surface area (Å²) in [5.74, 6) is 0. The summed E-state index contributed by atoms with van der Waals surface area (Å²) in [7, 11) is 0. The van der Waals surface area contributed by atoms with Crippen molar-refractivity contribution in [2.24, 2.45) is 0 Å². The van der Waals surface area contributed by atoms with Gasteiger partial charge in [-0.1, -0.05) is 58.9 Å². The number of nitrogens with zero attached hydrogens (tertiary/aromatic N) is 1. The lowest BCUT2D eigenvalue weighted by Crippen LogP contribution is -2.46. The van der Waals surface area contributed by atoms with Crippen LogP contribution in [0.15, 0.2) is 63.8 Å². The van der Waals surface area contributed by atoms with Gasteiger partial charge >= 0.3 is 17.9 Å². The van der Waals surface area contributed by atoms with E-state index in [-0.39, 0.29) is 31.7 Å². The third-order valence-corrected chi connectivity index (χ3v) is 5.34. The van der Waals surface area contributed by atoms with Crippen molar-refractivity contribution in [1.82, 2.24) is 20.2 Å². The number of amides is 2. The summed E-state index contributed by atoms with van der Waals surface area (Å²) >= 11 is 3.11. The van der Waals surface area contributed by atoms with E-state index in [1.54, 1.807) is 0 Å². The first-order valence-electron chi connectivity index (χ1n) is 10.7. The highest BCUT2D eigenvalue weighted by Gasteiger charge is 2.38. The van der Waals surface area contributed by atoms with Crippen LogP contribution >= 0.6 is 15.9 Å². The van der Waals surface area contributed by atoms with Gasteiger partial charge in [0.15, 0.2) is 0 Å². The van der Waals surface area contributed by atoms with Crippen LogP contribution in [0.2, 0.25) is 0 Å². The summed E-state index contributed by atoms with van der Waals surface area (Å²) in [6, 6.07) is 8.56. The number of carbonyl (C=O) groups excluding carboxylic acids is 2. The van der Waals surface area contributed by atoms with E-state index in [2.05, 4.69) is 38.1 Å². The first-order chi connectivity index (χ1) is 16.9. The summed E-state index contributed by atoms with van der Waals surface area (Å²) in [5, 5.41) is 5.29. The summed E-state index contributed by atoms with van der Waals surface area (Å²) in [5.41, 5.74) is -0.177. The van der Waals surface area contributed by atoms with Gasteiger partial charge in [0.1, 0.15) is 19.4 Å². The predicted molar refractivity (Wildman–Crippen MR) is 131 cm³/mol. The molecule has 0 saturated carbocycles. The maximum Gasteiger partial charge on any atom is 0.407 e. The number of hydrogen-bond acceptors (Lipinski definition) is 7. The van der Waals surface area contributed by atoms with Crippen LogP contribution in [-0.2, 0) is 20.8 Å². The number of ether oxygens (including phenoxy) is 3. The van der Waals surface area contributed by atoms with Gasteiger partial charge in [0, 0.05) is 19.2 Å². The number of nitrogens with one attached hydrogen (secondary N) is 3. The van der Waals surface area contributed by atoms with Crippen molar-refractivity contribution in [2.75, 3.05) is 13.2 Å². The Hall–Kier alpha value is -3.64. The number of carbonyl (C=O) groups is 2. The maximum atomic E-state index is 12.4. The number of benzene rings is 1. The molecule has 2 amide bonds. The minimum Gasteiger partial charge on any atom is -0.445 e. The highest BCUT2D eigenvalue weighted by atomic mass is 79.9. The molecule has 1 aliphatic rings. The van der Waals surface area contributed by atoms with Gasteiger partial charge in [-0.15, -0.1) is 0 Å². The molecule has 2 aromatic rings. The number of hydrogen-bond donors (Lipinski definition) is 3. The molecule has 35 heavy (non-hydrogen) atoms. The molecule has 1 aromatic carbocycles. The van der Waals surface area contributed by atoms with E-state index in [1.165, 1.54) is 27.9 Å². The SMILES string of the molecule is C=CCOC(=O)NC[C@H]1O[C@@H](n2cc(/C=C/Br)c(=O)[nH]c2=O)C[C@@H]1NC(=O)OCc1ccccc1. The zero-order chi connectivity index (χ0) is 25.2. The molecule has 0 spiro atoms. The van der Waals surface area contributed by atoms with Crippen LogP contribution < -0.4 is 21.9 Å². The lowest BCUT2D eigenvalue weighted by Gasteiger charge is -2.20. The molecule has 0 radical (unpaired) electrons. The normalized spacial score (nSPS) is 19.3. The smallest absolute Gasteiger partial charge is 0.407 e. The van der Waals surface area contributed by atoms with E-state index < -0.39 is 41.8 Å². The third-order valence-electron chi connectivity index (χ3n) is 5.08. The Morgan fingerprint density at radius 3 is 2.71 bits per heavy atom. The lowest BCUT2D eigenvalue weighted by atomic mass is 10.1. The first kappa shape index (κ1) is 26.0. The molecule has 186 valence electrons. The fourth-order valence-electron chi connectivity index (χ4n) is 3.43. The number of rotatable bonds is 9. The molecule has 0 unspecified atom stereocenters. The van der Waals surface area contributed by atoms with E-state index in [0.29, 0.717) is 0 Å². The summed E-state index contributed by atoms with van der Waals surface area (Å²) in [6.07, 6.45) is 1.55. The molecular formula is C23H25BrN4O7. The van der Waals surface area contributed by atoms with Gasteiger partial charge < -0.3 is 24.8 Å². The molecule has 1 fully saturated rings. The fourth-order valence-corrected chi connectivity index (χ4v) is 3.71. The molecule has 3 N–H and O–H groups in total. The van der Waals surface area contributed by atoms with Crippen molar-refractivity contribution < 1.29 is 23.8 Å². The van der Waals surface area contributed by atoms with Crippen molar-refractivity contribution in [3.63, 3.8) is 0 Å². The highest BCUT2D eigenvalue weighted by Crippen LogP contribution is 2.28. The van der Waals surface area contributed by atoms with Gasteiger partial charge in [-0.05, 0) is 16.6 Å². The van der Waals surface area contributed by atoms with Crippen LogP contribution in [0.1, 0.15) is 23.8 Å². The van der Waals surface area contributed by atoms with Crippen LogP contribution in [0.25, 0.3) is 6.08 Å². The molecule has 0 bridgehead atoms. The molecule has 1 aliphatic heterocycles. The molecule has 1 saturated heterocycles. The Labute approximate surface area is 208 Å². The Morgan fingerprint density at radius 1 is 1.23 bits per heavy atom. The van der Waals surface area contributed by atoms with Crippen LogP contribution in [-0.4, -0.2) is 47.0 Å². The van der Waals surface area contributed by atoms with Crippen molar-refractivity contribution in [3.8, 4) is 0 Å². The quantitative estimate of drug-likeness (QED) is 0.408. The molecule has 0 aliphatic carbocycles. The van der Waals surface area contributed by atoms with Crippen molar-refractivity contribution in [3.05, 3.63) is 86.1 Å². The summed E-state index contributed by atoms with van der Waals surface area (Å²) in [4.78, 5) is 52.5.